The number of nitro groups is 1. The summed E-state index contributed by atoms with van der Waals surface area (Å²) in [5.74, 6) is 0. The Labute approximate surface area is 119 Å². The SMILES string of the molecule is CCC(C)OP(=O)(O)C(Br)c1ccc([N+](=O)[O-])cc1. The first kappa shape index (κ1) is 16.3. The molecule has 6 nitrogen and oxygen atoms in total. The van der Waals surface area contributed by atoms with E-state index in [4.69, 9.17) is 4.52 Å². The second-order valence-electron chi connectivity index (χ2n) is 4.07. The zero-order valence-corrected chi connectivity index (χ0v) is 13.0. The molecule has 0 aromatic heterocycles. The van der Waals surface area contributed by atoms with Crippen molar-refractivity contribution in [2.24, 2.45) is 0 Å². The predicted molar refractivity (Wildman–Crippen MR) is 75.4 cm³/mol. The van der Waals surface area contributed by atoms with Crippen LogP contribution in [0.15, 0.2) is 24.3 Å². The number of nitro benzene ring substituents is 1. The van der Waals surface area contributed by atoms with Crippen LogP contribution in [0.4, 0.5) is 5.69 Å². The summed E-state index contributed by atoms with van der Waals surface area (Å²) >= 11 is 3.12. The lowest BCUT2D eigenvalue weighted by atomic mass is 10.2. The van der Waals surface area contributed by atoms with E-state index in [1.165, 1.54) is 24.3 Å². The highest BCUT2D eigenvalue weighted by molar-refractivity contribution is 9.10. The van der Waals surface area contributed by atoms with Gasteiger partial charge in [-0.1, -0.05) is 35.0 Å². The van der Waals surface area contributed by atoms with Crippen LogP contribution in [0.5, 0.6) is 0 Å². The van der Waals surface area contributed by atoms with Crippen molar-refractivity contribution in [1.29, 1.82) is 0 Å². The van der Waals surface area contributed by atoms with Gasteiger partial charge in [0, 0.05) is 12.1 Å². The van der Waals surface area contributed by atoms with Gasteiger partial charge in [-0.05, 0) is 18.9 Å². The number of nitrogens with zero attached hydrogens (tertiary/aromatic N) is 1. The van der Waals surface area contributed by atoms with Gasteiger partial charge >= 0.3 is 7.60 Å². The Morgan fingerprint density at radius 3 is 2.42 bits per heavy atom. The molecule has 19 heavy (non-hydrogen) atoms. The molecule has 0 saturated heterocycles. The van der Waals surface area contributed by atoms with E-state index < -0.39 is 17.1 Å². The molecule has 3 atom stereocenters. The lowest BCUT2D eigenvalue weighted by Gasteiger charge is -2.21. The molecule has 1 N–H and O–H groups in total. The molecule has 1 aromatic carbocycles. The van der Waals surface area contributed by atoms with Crippen LogP contribution in [0.3, 0.4) is 0 Å². The highest BCUT2D eigenvalue weighted by atomic mass is 79.9. The molecular weight excluding hydrogens is 337 g/mol. The van der Waals surface area contributed by atoms with E-state index in [1.807, 2.05) is 6.92 Å². The fourth-order valence-corrected chi connectivity index (χ4v) is 3.24. The zero-order valence-electron chi connectivity index (χ0n) is 10.5. The number of non-ortho nitro benzene ring substituents is 1. The molecule has 0 radical (unpaired) electrons. The fourth-order valence-electron chi connectivity index (χ4n) is 1.33. The summed E-state index contributed by atoms with van der Waals surface area (Å²) in [6.45, 7) is 3.55. The predicted octanol–water partition coefficient (Wildman–Crippen LogP) is 3.99. The maximum atomic E-state index is 12.1. The summed E-state index contributed by atoms with van der Waals surface area (Å²) in [5, 5.41) is 10.5. The Balaban J connectivity index is 2.90. The Morgan fingerprint density at radius 1 is 1.47 bits per heavy atom. The largest absolute Gasteiger partial charge is 0.346 e. The number of hydrogen-bond donors (Lipinski definition) is 1. The fraction of sp³-hybridized carbons (Fsp3) is 0.455. The molecule has 0 amide bonds. The van der Waals surface area contributed by atoms with Gasteiger partial charge in [-0.2, -0.15) is 0 Å². The van der Waals surface area contributed by atoms with Crippen molar-refractivity contribution >= 4 is 29.2 Å². The highest BCUT2D eigenvalue weighted by Gasteiger charge is 2.33. The summed E-state index contributed by atoms with van der Waals surface area (Å²) < 4.78 is 16.3. The second kappa shape index (κ2) is 6.61. The van der Waals surface area contributed by atoms with Crippen molar-refractivity contribution in [2.45, 2.75) is 30.9 Å². The van der Waals surface area contributed by atoms with Crippen LogP contribution in [0.2, 0.25) is 0 Å². The number of hydrogen-bond acceptors (Lipinski definition) is 4. The molecule has 106 valence electrons. The van der Waals surface area contributed by atoms with Gasteiger partial charge in [0.2, 0.25) is 0 Å². The van der Waals surface area contributed by atoms with Crippen molar-refractivity contribution in [3.63, 3.8) is 0 Å². The standard InChI is InChI=1S/C11H15BrNO5P/c1-3-8(2)18-19(16,17)11(12)9-4-6-10(7-5-9)13(14)15/h4-8,11H,3H2,1-2H3,(H,16,17). The van der Waals surface area contributed by atoms with Crippen molar-refractivity contribution in [1.82, 2.24) is 0 Å². The molecule has 0 bridgehead atoms. The minimum Gasteiger partial charge on any atom is -0.323 e. The van der Waals surface area contributed by atoms with Crippen LogP contribution < -0.4 is 0 Å². The van der Waals surface area contributed by atoms with Crippen molar-refractivity contribution in [2.75, 3.05) is 0 Å². The van der Waals surface area contributed by atoms with Crippen LogP contribution in [0, 0.1) is 10.1 Å². The van der Waals surface area contributed by atoms with E-state index in [0.717, 1.165) is 0 Å². The van der Waals surface area contributed by atoms with Gasteiger partial charge in [0.15, 0.2) is 0 Å². The van der Waals surface area contributed by atoms with Crippen molar-refractivity contribution < 1.29 is 18.9 Å². The molecule has 8 heteroatoms. The number of halogens is 1. The minimum absolute atomic E-state index is 0.0703. The third kappa shape index (κ3) is 4.38. The first-order valence-corrected chi connectivity index (χ1v) is 8.23. The number of alkyl halides is 1. The van der Waals surface area contributed by atoms with Crippen molar-refractivity contribution in [3.05, 3.63) is 39.9 Å². The Bertz CT molecular complexity index is 492. The molecule has 3 unspecified atom stereocenters. The summed E-state index contributed by atoms with van der Waals surface area (Å²) in [7, 11) is -3.87. The van der Waals surface area contributed by atoms with E-state index in [1.54, 1.807) is 6.92 Å². The van der Waals surface area contributed by atoms with Gasteiger partial charge < -0.3 is 9.42 Å². The average Bonchev–Trinajstić information content (AvgIpc) is 2.37. The quantitative estimate of drug-likeness (QED) is 0.362. The van der Waals surface area contributed by atoms with E-state index in [2.05, 4.69) is 15.9 Å². The maximum Gasteiger partial charge on any atom is 0.346 e. The molecule has 0 fully saturated rings. The molecule has 0 aliphatic carbocycles. The van der Waals surface area contributed by atoms with Gasteiger partial charge in [0.05, 0.1) is 11.0 Å². The van der Waals surface area contributed by atoms with Gasteiger partial charge in [-0.15, -0.1) is 0 Å². The number of rotatable bonds is 6. The molecule has 0 spiro atoms. The third-order valence-corrected chi connectivity index (χ3v) is 6.19. The minimum atomic E-state index is -3.87. The average molecular weight is 352 g/mol. The van der Waals surface area contributed by atoms with E-state index in [-0.39, 0.29) is 11.8 Å². The molecule has 0 aliphatic heterocycles. The van der Waals surface area contributed by atoms with E-state index in [0.29, 0.717) is 12.0 Å². The van der Waals surface area contributed by atoms with Crippen LogP contribution in [0.25, 0.3) is 0 Å². The zero-order chi connectivity index (χ0) is 14.6. The normalized spacial score (nSPS) is 17.5. The number of benzene rings is 1. The second-order valence-corrected chi connectivity index (χ2v) is 7.55. The molecular formula is C11H15BrNO5P. The maximum absolute atomic E-state index is 12.1. The highest BCUT2D eigenvalue weighted by Crippen LogP contribution is 2.60. The molecule has 1 rings (SSSR count). The molecule has 0 aliphatic rings. The molecule has 1 aromatic rings. The lowest BCUT2D eigenvalue weighted by molar-refractivity contribution is -0.384. The molecule has 0 saturated carbocycles. The summed E-state index contributed by atoms with van der Waals surface area (Å²) in [5.41, 5.74) is 0.388. The van der Waals surface area contributed by atoms with Gasteiger partial charge in [-0.25, -0.2) is 0 Å². The Kier molecular flexibility index (Phi) is 5.67. The van der Waals surface area contributed by atoms with Gasteiger partial charge in [0.25, 0.3) is 5.69 Å². The monoisotopic (exact) mass is 351 g/mol. The lowest BCUT2D eigenvalue weighted by Crippen LogP contribution is -2.07. The van der Waals surface area contributed by atoms with Crippen LogP contribution >= 0.6 is 23.5 Å². The first-order chi connectivity index (χ1) is 8.77. The summed E-state index contributed by atoms with van der Waals surface area (Å²) in [6.07, 6.45) is 0.277. The third-order valence-electron chi connectivity index (χ3n) is 2.57. The van der Waals surface area contributed by atoms with Gasteiger partial charge in [-0.3, -0.25) is 14.7 Å². The van der Waals surface area contributed by atoms with Crippen LogP contribution in [-0.2, 0) is 9.09 Å². The Hall–Kier alpha value is -0.750. The van der Waals surface area contributed by atoms with E-state index >= 15 is 0 Å². The molecule has 0 heterocycles. The van der Waals surface area contributed by atoms with E-state index in [9.17, 15) is 19.6 Å². The topological polar surface area (TPSA) is 89.7 Å². The smallest absolute Gasteiger partial charge is 0.323 e. The summed E-state index contributed by atoms with van der Waals surface area (Å²) in [6, 6.07) is 5.43. The van der Waals surface area contributed by atoms with Crippen LogP contribution in [0.1, 0.15) is 30.4 Å². The van der Waals surface area contributed by atoms with Crippen molar-refractivity contribution in [3.8, 4) is 0 Å². The van der Waals surface area contributed by atoms with Crippen LogP contribution in [-0.4, -0.2) is 15.9 Å². The van der Waals surface area contributed by atoms with Gasteiger partial charge in [0.1, 0.15) is 4.57 Å². The summed E-state index contributed by atoms with van der Waals surface area (Å²) in [4.78, 5) is 19.9. The Morgan fingerprint density at radius 2 is 2.00 bits per heavy atom. The first-order valence-electron chi connectivity index (χ1n) is 5.67.